The Labute approximate surface area is 247 Å². The van der Waals surface area contributed by atoms with E-state index in [1.165, 1.54) is 4.90 Å². The molecule has 2 aromatic rings. The Morgan fingerprint density at radius 2 is 1.81 bits per heavy atom. The number of nitrogens with zero attached hydrogens (tertiary/aromatic N) is 2. The molecule has 2 aromatic carbocycles. The van der Waals surface area contributed by atoms with E-state index in [2.05, 4.69) is 11.4 Å². The fourth-order valence-electron chi connectivity index (χ4n) is 5.38. The summed E-state index contributed by atoms with van der Waals surface area (Å²) in [6.07, 6.45) is -1.21. The van der Waals surface area contributed by atoms with Crippen LogP contribution < -0.4 is 5.32 Å². The summed E-state index contributed by atoms with van der Waals surface area (Å²) in [6, 6.07) is 20.2. The zero-order valence-electron chi connectivity index (χ0n) is 24.3. The molecule has 2 aliphatic rings. The van der Waals surface area contributed by atoms with E-state index in [1.807, 2.05) is 74.5 Å². The number of hydrogen-bond donors (Lipinski definition) is 2. The van der Waals surface area contributed by atoms with Gasteiger partial charge in [-0.05, 0) is 35.8 Å². The van der Waals surface area contributed by atoms with E-state index in [0.29, 0.717) is 25.9 Å². The van der Waals surface area contributed by atoms with Crippen molar-refractivity contribution in [2.75, 3.05) is 26.3 Å². The molecule has 10 heteroatoms. The van der Waals surface area contributed by atoms with Crippen molar-refractivity contribution in [3.8, 4) is 6.07 Å². The highest BCUT2D eigenvalue weighted by Gasteiger charge is 2.44. The number of nitriles is 1. The minimum Gasteiger partial charge on any atom is -0.445 e. The van der Waals surface area contributed by atoms with Gasteiger partial charge < -0.3 is 34.3 Å². The molecule has 2 N–H and O–H groups in total. The zero-order chi connectivity index (χ0) is 30.0. The van der Waals surface area contributed by atoms with E-state index < -0.39 is 35.9 Å². The summed E-state index contributed by atoms with van der Waals surface area (Å²) in [4.78, 5) is 27.8. The Hall–Kier alpha value is -3.65. The number of aliphatic hydroxyl groups is 1. The highest BCUT2D eigenvalue weighted by atomic mass is 16.7. The van der Waals surface area contributed by atoms with Gasteiger partial charge in [0.2, 0.25) is 0 Å². The van der Waals surface area contributed by atoms with Crippen molar-refractivity contribution in [2.45, 2.75) is 70.7 Å². The Morgan fingerprint density at radius 1 is 1.12 bits per heavy atom. The number of carbonyl (C=O) groups excluding carboxylic acids is 2. The topological polar surface area (TPSA) is 130 Å². The van der Waals surface area contributed by atoms with Gasteiger partial charge in [0, 0.05) is 13.0 Å². The van der Waals surface area contributed by atoms with Crippen LogP contribution in [0.1, 0.15) is 44.2 Å². The van der Waals surface area contributed by atoms with Gasteiger partial charge in [-0.15, -0.1) is 0 Å². The number of amides is 2. The molecule has 0 saturated carbocycles. The van der Waals surface area contributed by atoms with Crippen molar-refractivity contribution < 1.29 is 33.6 Å². The van der Waals surface area contributed by atoms with Gasteiger partial charge >= 0.3 is 12.2 Å². The van der Waals surface area contributed by atoms with E-state index >= 15 is 0 Å². The van der Waals surface area contributed by atoms with Gasteiger partial charge in [-0.25, -0.2) is 9.59 Å². The Bertz CT molecular complexity index is 1190. The third kappa shape index (κ3) is 9.18. The Kier molecular flexibility index (Phi) is 11.2. The number of aliphatic hydroxyl groups excluding tert-OH is 1. The van der Waals surface area contributed by atoms with E-state index in [9.17, 15) is 14.7 Å². The minimum atomic E-state index is -1.14. The molecule has 0 aliphatic carbocycles. The van der Waals surface area contributed by atoms with Gasteiger partial charge in [0.25, 0.3) is 0 Å². The summed E-state index contributed by atoms with van der Waals surface area (Å²) >= 11 is 0. The number of fused-ring (bicyclic) bond motifs is 1. The second kappa shape index (κ2) is 15.0. The maximum absolute atomic E-state index is 13.3. The smallest absolute Gasteiger partial charge is 0.410 e. The third-order valence-electron chi connectivity index (χ3n) is 7.71. The highest BCUT2D eigenvalue weighted by molar-refractivity contribution is 5.69. The van der Waals surface area contributed by atoms with Crippen LogP contribution in [0.15, 0.2) is 60.7 Å². The quantitative estimate of drug-likeness (QED) is 0.357. The molecule has 2 aliphatic heterocycles. The van der Waals surface area contributed by atoms with Gasteiger partial charge in [-0.3, -0.25) is 0 Å². The van der Waals surface area contributed by atoms with Crippen LogP contribution in [0, 0.1) is 22.7 Å². The first-order valence-electron chi connectivity index (χ1n) is 14.5. The molecule has 2 saturated heterocycles. The van der Waals surface area contributed by atoms with Crippen LogP contribution in [0.4, 0.5) is 9.59 Å². The van der Waals surface area contributed by atoms with Crippen LogP contribution in [-0.2, 0) is 32.0 Å². The fourth-order valence-corrected chi connectivity index (χ4v) is 5.38. The molecule has 0 radical (unpaired) electrons. The van der Waals surface area contributed by atoms with Gasteiger partial charge in [-0.1, -0.05) is 74.5 Å². The van der Waals surface area contributed by atoms with Crippen molar-refractivity contribution in [2.24, 2.45) is 11.3 Å². The number of benzene rings is 2. The predicted octanol–water partition coefficient (Wildman–Crippen LogP) is 4.41. The number of carbonyl (C=O) groups is 2. The van der Waals surface area contributed by atoms with Crippen LogP contribution >= 0.6 is 0 Å². The van der Waals surface area contributed by atoms with Gasteiger partial charge in [-0.2, -0.15) is 5.26 Å². The number of nitrogens with one attached hydrogen (secondary N) is 1. The average Bonchev–Trinajstić information content (AvgIpc) is 3.60. The van der Waals surface area contributed by atoms with Gasteiger partial charge in [0.05, 0.1) is 43.9 Å². The summed E-state index contributed by atoms with van der Waals surface area (Å²) in [5.74, 6) is -0.0150. The van der Waals surface area contributed by atoms with Gasteiger partial charge in [0.15, 0.2) is 6.29 Å². The Morgan fingerprint density at radius 3 is 2.50 bits per heavy atom. The first-order chi connectivity index (χ1) is 20.2. The monoisotopic (exact) mass is 579 g/mol. The lowest BCUT2D eigenvalue weighted by atomic mass is 9.87. The van der Waals surface area contributed by atoms with E-state index in [4.69, 9.17) is 24.2 Å². The van der Waals surface area contributed by atoms with E-state index in [1.54, 1.807) is 0 Å². The molecular weight excluding hydrogens is 538 g/mol. The zero-order valence-corrected chi connectivity index (χ0v) is 24.3. The van der Waals surface area contributed by atoms with Crippen molar-refractivity contribution in [3.05, 3.63) is 71.8 Å². The van der Waals surface area contributed by atoms with Crippen molar-refractivity contribution in [1.29, 1.82) is 5.26 Å². The molecule has 0 bridgehead atoms. The van der Waals surface area contributed by atoms with Crippen LogP contribution in [-0.4, -0.2) is 73.0 Å². The molecule has 0 unspecified atom stereocenters. The summed E-state index contributed by atoms with van der Waals surface area (Å²) in [7, 11) is 0. The lowest BCUT2D eigenvalue weighted by Gasteiger charge is -2.35. The molecule has 5 atom stereocenters. The fraction of sp³-hybridized carbons (Fsp3) is 0.531. The molecule has 2 heterocycles. The van der Waals surface area contributed by atoms with Gasteiger partial charge in [0.1, 0.15) is 12.7 Å². The molecule has 2 fully saturated rings. The van der Waals surface area contributed by atoms with Crippen molar-refractivity contribution in [3.63, 3.8) is 0 Å². The lowest BCUT2D eigenvalue weighted by molar-refractivity contribution is -0.0907. The second-order valence-electron chi connectivity index (χ2n) is 11.7. The number of ether oxygens (including phenoxy) is 4. The van der Waals surface area contributed by atoms with Crippen LogP contribution in [0.25, 0.3) is 0 Å². The maximum atomic E-state index is 13.3. The number of hydrogen-bond acceptors (Lipinski definition) is 8. The molecule has 226 valence electrons. The summed E-state index contributed by atoms with van der Waals surface area (Å²) in [5, 5.41) is 23.4. The summed E-state index contributed by atoms with van der Waals surface area (Å²) < 4.78 is 22.4. The minimum absolute atomic E-state index is 0.0150. The van der Waals surface area contributed by atoms with Crippen molar-refractivity contribution in [1.82, 2.24) is 10.2 Å². The Balaban J connectivity index is 1.46. The molecular formula is C32H41N3O7. The first-order valence-corrected chi connectivity index (χ1v) is 14.5. The third-order valence-corrected chi connectivity index (χ3v) is 7.71. The lowest BCUT2D eigenvalue weighted by Crippen LogP contribution is -2.52. The van der Waals surface area contributed by atoms with E-state index in [0.717, 1.165) is 17.5 Å². The molecule has 0 aromatic heterocycles. The van der Waals surface area contributed by atoms with Crippen LogP contribution in [0.3, 0.4) is 0 Å². The largest absolute Gasteiger partial charge is 0.445 e. The summed E-state index contributed by atoms with van der Waals surface area (Å²) in [5.41, 5.74) is 1.33. The SMILES string of the molecule is CC(C)(CCC#N)CN(C[C@@H](O)[C@H](Cc1ccccc1)NC(=O)O[C@H]1CO[C@H]2OCC[C@H]21)C(=O)OCc1ccccc1. The normalized spacial score (nSPS) is 21.0. The highest BCUT2D eigenvalue weighted by Crippen LogP contribution is 2.33. The van der Waals surface area contributed by atoms with Crippen LogP contribution in [0.2, 0.25) is 0 Å². The van der Waals surface area contributed by atoms with Crippen molar-refractivity contribution >= 4 is 12.2 Å². The predicted molar refractivity (Wildman–Crippen MR) is 154 cm³/mol. The average molecular weight is 580 g/mol. The molecule has 2 amide bonds. The molecule has 0 spiro atoms. The molecule has 42 heavy (non-hydrogen) atoms. The molecule has 4 rings (SSSR count). The summed E-state index contributed by atoms with van der Waals surface area (Å²) in [6.45, 7) is 5.00. The maximum Gasteiger partial charge on any atom is 0.410 e. The molecule has 10 nitrogen and oxygen atoms in total. The number of rotatable bonds is 13. The second-order valence-corrected chi connectivity index (χ2v) is 11.7. The number of alkyl carbamates (subject to hydrolysis) is 1. The standard InChI is InChI=1S/C32H41N3O7/c1-32(2,15-9-16-33)22-35(31(38)41-20-24-12-7-4-8-13-24)19-27(36)26(18-23-10-5-3-6-11-23)34-30(37)42-28-21-40-29-25(28)14-17-39-29/h3-8,10-13,25-29,36H,9,14-15,17-22H2,1-2H3,(H,34,37)/t25-,26-,27+,28-,29+/m0/s1. The first kappa shape index (κ1) is 31.3. The van der Waals surface area contributed by atoms with Crippen LogP contribution in [0.5, 0.6) is 0 Å². The van der Waals surface area contributed by atoms with E-state index in [-0.39, 0.29) is 38.5 Å².